The van der Waals surface area contributed by atoms with Crippen LogP contribution in [0, 0.1) is 0 Å². The van der Waals surface area contributed by atoms with E-state index in [9.17, 15) is 4.79 Å². The van der Waals surface area contributed by atoms with Crippen molar-refractivity contribution in [2.24, 2.45) is 0 Å². The normalized spacial score (nSPS) is 12.9. The van der Waals surface area contributed by atoms with Crippen LogP contribution < -0.4 is 14.2 Å². The van der Waals surface area contributed by atoms with Crippen molar-refractivity contribution in [3.63, 3.8) is 0 Å². The maximum Gasteiger partial charge on any atom is 0.338 e. The Morgan fingerprint density at radius 3 is 2.79 bits per heavy atom. The summed E-state index contributed by atoms with van der Waals surface area (Å²) in [4.78, 5) is 16.6. The van der Waals surface area contributed by atoms with Crippen LogP contribution in [0.15, 0.2) is 47.0 Å². The number of carbonyl (C=O) groups is 1. The summed E-state index contributed by atoms with van der Waals surface area (Å²) in [6.45, 7) is 0.983. The van der Waals surface area contributed by atoms with Gasteiger partial charge >= 0.3 is 5.97 Å². The average Bonchev–Trinajstić information content (AvgIpc) is 3.08. The van der Waals surface area contributed by atoms with E-state index < -0.39 is 5.97 Å². The van der Waals surface area contributed by atoms with Gasteiger partial charge in [-0.05, 0) is 30.3 Å². The van der Waals surface area contributed by atoms with Gasteiger partial charge in [0.25, 0.3) is 5.89 Å². The Kier molecular flexibility index (Phi) is 5.09. The van der Waals surface area contributed by atoms with Crippen molar-refractivity contribution in [3.8, 4) is 28.6 Å². The number of methoxy groups -OCH3 is 1. The molecule has 0 N–H and O–H groups in total. The third kappa shape index (κ3) is 3.75. The van der Waals surface area contributed by atoms with Crippen LogP contribution in [-0.4, -0.2) is 36.4 Å². The van der Waals surface area contributed by atoms with Gasteiger partial charge in [-0.3, -0.25) is 0 Å². The fraction of sp³-hybridized carbons (Fsp3) is 0.250. The van der Waals surface area contributed by atoms with Crippen LogP contribution in [0.3, 0.4) is 0 Å². The summed E-state index contributed by atoms with van der Waals surface area (Å²) in [5.74, 6) is 1.80. The Bertz CT molecular complexity index is 984. The topological polar surface area (TPSA) is 92.9 Å². The summed E-state index contributed by atoms with van der Waals surface area (Å²) in [6, 6.07) is 12.2. The first-order chi connectivity index (χ1) is 13.7. The number of aromatic nitrogens is 2. The number of ether oxygens (including phenoxy) is 4. The minimum absolute atomic E-state index is 0.143. The molecule has 0 spiro atoms. The largest absolute Gasteiger partial charge is 0.496 e. The van der Waals surface area contributed by atoms with Crippen molar-refractivity contribution in [1.82, 2.24) is 10.1 Å². The van der Waals surface area contributed by atoms with Crippen molar-refractivity contribution >= 4 is 5.97 Å². The zero-order valence-electron chi connectivity index (χ0n) is 15.2. The number of para-hydroxylation sites is 1. The number of esters is 1. The molecular weight excluding hydrogens is 364 g/mol. The van der Waals surface area contributed by atoms with Gasteiger partial charge in [-0.2, -0.15) is 4.98 Å². The van der Waals surface area contributed by atoms with E-state index in [1.807, 2.05) is 18.2 Å². The molecule has 0 bridgehead atoms. The van der Waals surface area contributed by atoms with Crippen molar-refractivity contribution < 1.29 is 28.3 Å². The van der Waals surface area contributed by atoms with E-state index >= 15 is 0 Å². The molecule has 0 atom stereocenters. The predicted molar refractivity (Wildman–Crippen MR) is 97.5 cm³/mol. The van der Waals surface area contributed by atoms with E-state index in [4.69, 9.17) is 23.5 Å². The molecule has 0 unspecified atom stereocenters. The highest BCUT2D eigenvalue weighted by molar-refractivity contribution is 5.90. The first-order valence-corrected chi connectivity index (χ1v) is 8.77. The summed E-state index contributed by atoms with van der Waals surface area (Å²) >= 11 is 0. The van der Waals surface area contributed by atoms with Crippen molar-refractivity contribution in [2.75, 3.05) is 20.3 Å². The second-order valence-corrected chi connectivity index (χ2v) is 6.00. The molecule has 0 saturated heterocycles. The molecular formula is C20H18N2O6. The highest BCUT2D eigenvalue weighted by atomic mass is 16.6. The number of carbonyl (C=O) groups excluding carboxylic acids is 1. The van der Waals surface area contributed by atoms with Crippen LogP contribution in [0.5, 0.6) is 17.2 Å². The Hall–Kier alpha value is -3.55. The Morgan fingerprint density at radius 2 is 1.93 bits per heavy atom. The molecule has 0 amide bonds. The molecule has 0 aliphatic carbocycles. The smallest absolute Gasteiger partial charge is 0.338 e. The summed E-state index contributed by atoms with van der Waals surface area (Å²) in [7, 11) is 1.57. The molecule has 1 aliphatic rings. The number of fused-ring (bicyclic) bond motifs is 1. The highest BCUT2D eigenvalue weighted by Crippen LogP contribution is 2.31. The Morgan fingerprint density at radius 1 is 1.11 bits per heavy atom. The predicted octanol–water partition coefficient (Wildman–Crippen LogP) is 3.26. The van der Waals surface area contributed by atoms with Crippen LogP contribution in [0.25, 0.3) is 11.4 Å². The van der Waals surface area contributed by atoms with Gasteiger partial charge in [-0.1, -0.05) is 17.3 Å². The van der Waals surface area contributed by atoms with Crippen LogP contribution in [0.1, 0.15) is 22.7 Å². The maximum absolute atomic E-state index is 12.3. The van der Waals surface area contributed by atoms with E-state index in [1.54, 1.807) is 31.4 Å². The second kappa shape index (κ2) is 7.99. The minimum Gasteiger partial charge on any atom is -0.496 e. The van der Waals surface area contributed by atoms with Crippen LogP contribution in [0.4, 0.5) is 0 Å². The SMILES string of the molecule is COc1ccccc1-c1noc(COC(=O)c2ccc3c(c2)OCCCO3)n1. The zero-order valence-corrected chi connectivity index (χ0v) is 15.2. The van der Waals surface area contributed by atoms with E-state index in [0.717, 1.165) is 6.42 Å². The van der Waals surface area contributed by atoms with E-state index in [0.29, 0.717) is 47.4 Å². The lowest BCUT2D eigenvalue weighted by Gasteiger charge is -2.08. The average molecular weight is 382 g/mol. The highest BCUT2D eigenvalue weighted by Gasteiger charge is 2.17. The van der Waals surface area contributed by atoms with Gasteiger partial charge in [0.2, 0.25) is 5.82 Å². The van der Waals surface area contributed by atoms with Gasteiger partial charge in [0.15, 0.2) is 18.1 Å². The molecule has 8 heteroatoms. The molecule has 2 aromatic carbocycles. The molecule has 0 radical (unpaired) electrons. The Balaban J connectivity index is 1.43. The lowest BCUT2D eigenvalue weighted by molar-refractivity contribution is 0.0429. The fourth-order valence-electron chi connectivity index (χ4n) is 2.75. The van der Waals surface area contributed by atoms with Crippen LogP contribution in [0.2, 0.25) is 0 Å². The minimum atomic E-state index is -0.521. The standard InChI is InChI=1S/C20H18N2O6/c1-24-15-6-3-2-5-14(15)19-21-18(28-22-19)12-27-20(23)13-7-8-16-17(11-13)26-10-4-9-25-16/h2-3,5-8,11H,4,9-10,12H2,1H3. The Labute approximate surface area is 161 Å². The number of nitrogens with zero attached hydrogens (tertiary/aromatic N) is 2. The third-order valence-electron chi connectivity index (χ3n) is 4.13. The molecule has 4 rings (SSSR count). The first-order valence-electron chi connectivity index (χ1n) is 8.77. The van der Waals surface area contributed by atoms with Crippen LogP contribution >= 0.6 is 0 Å². The van der Waals surface area contributed by atoms with Gasteiger partial charge in [-0.25, -0.2) is 4.79 Å². The van der Waals surface area contributed by atoms with Crippen molar-refractivity contribution in [1.29, 1.82) is 0 Å². The van der Waals surface area contributed by atoms with E-state index in [-0.39, 0.29) is 12.5 Å². The summed E-state index contributed by atoms with van der Waals surface area (Å²) in [6.07, 6.45) is 0.792. The molecule has 28 heavy (non-hydrogen) atoms. The van der Waals surface area contributed by atoms with Gasteiger partial charge in [0.1, 0.15) is 5.75 Å². The zero-order chi connectivity index (χ0) is 19.3. The summed E-state index contributed by atoms with van der Waals surface area (Å²) in [5, 5.41) is 3.92. The van der Waals surface area contributed by atoms with Crippen LogP contribution in [-0.2, 0) is 11.3 Å². The number of benzene rings is 2. The summed E-state index contributed by atoms with van der Waals surface area (Å²) < 4.78 is 26.9. The van der Waals surface area contributed by atoms with E-state index in [2.05, 4.69) is 10.1 Å². The van der Waals surface area contributed by atoms with Gasteiger partial charge in [0.05, 0.1) is 31.5 Å². The van der Waals surface area contributed by atoms with Crippen molar-refractivity contribution in [2.45, 2.75) is 13.0 Å². The molecule has 3 aromatic rings. The monoisotopic (exact) mass is 382 g/mol. The maximum atomic E-state index is 12.3. The molecule has 2 heterocycles. The quantitative estimate of drug-likeness (QED) is 0.621. The second-order valence-electron chi connectivity index (χ2n) is 6.00. The molecule has 0 fully saturated rings. The molecule has 1 aliphatic heterocycles. The third-order valence-corrected chi connectivity index (χ3v) is 4.13. The molecule has 0 saturated carbocycles. The van der Waals surface area contributed by atoms with Gasteiger partial charge in [0, 0.05) is 6.42 Å². The lowest BCUT2D eigenvalue weighted by atomic mass is 10.2. The fourth-order valence-corrected chi connectivity index (χ4v) is 2.75. The lowest BCUT2D eigenvalue weighted by Crippen LogP contribution is -2.06. The van der Waals surface area contributed by atoms with E-state index in [1.165, 1.54) is 0 Å². The van der Waals surface area contributed by atoms with Gasteiger partial charge < -0.3 is 23.5 Å². The molecule has 1 aromatic heterocycles. The van der Waals surface area contributed by atoms with Crippen molar-refractivity contribution in [3.05, 3.63) is 53.9 Å². The molecule has 144 valence electrons. The molecule has 8 nitrogen and oxygen atoms in total. The number of hydrogen-bond acceptors (Lipinski definition) is 8. The first kappa shape index (κ1) is 17.8. The number of hydrogen-bond donors (Lipinski definition) is 0. The number of rotatable bonds is 5. The summed E-state index contributed by atoms with van der Waals surface area (Å²) in [5.41, 5.74) is 1.04. The van der Waals surface area contributed by atoms with Gasteiger partial charge in [-0.15, -0.1) is 0 Å².